The van der Waals surface area contributed by atoms with Crippen LogP contribution in [0.1, 0.15) is 20.3 Å². The highest BCUT2D eigenvalue weighted by atomic mass is 127. The topological polar surface area (TPSA) is 41.1 Å². The van der Waals surface area contributed by atoms with Crippen LogP contribution in [-0.2, 0) is 4.79 Å². The number of anilines is 1. The quantitative estimate of drug-likeness (QED) is 0.785. The maximum Gasteiger partial charge on any atom is 0.242 e. The van der Waals surface area contributed by atoms with E-state index in [-0.39, 0.29) is 11.9 Å². The van der Waals surface area contributed by atoms with Crippen molar-refractivity contribution in [3.63, 3.8) is 0 Å². The maximum absolute atomic E-state index is 11.7. The summed E-state index contributed by atoms with van der Waals surface area (Å²) in [5.41, 5.74) is 0.784. The normalized spacial score (nSPS) is 12.0. The Morgan fingerprint density at radius 1 is 1.53 bits per heavy atom. The number of carbonyl (C=O) groups is 1. The van der Waals surface area contributed by atoms with Crippen molar-refractivity contribution in [1.29, 1.82) is 0 Å². The number of carbonyl (C=O) groups excluding carboxylic acids is 1. The molecule has 0 saturated carbocycles. The van der Waals surface area contributed by atoms with Gasteiger partial charge in [-0.2, -0.15) is 0 Å². The number of benzene rings is 1. The van der Waals surface area contributed by atoms with Crippen LogP contribution in [0.2, 0.25) is 5.02 Å². The molecule has 0 aliphatic rings. The lowest BCUT2D eigenvalue weighted by atomic mass is 10.2. The SMILES string of the molecule is CCCNC(=O)C(C)Nc1ccc(I)cc1Cl. The van der Waals surface area contributed by atoms with Gasteiger partial charge in [-0.25, -0.2) is 0 Å². The van der Waals surface area contributed by atoms with Gasteiger partial charge < -0.3 is 10.6 Å². The van der Waals surface area contributed by atoms with E-state index in [1.807, 2.05) is 32.0 Å². The van der Waals surface area contributed by atoms with E-state index >= 15 is 0 Å². The molecule has 1 unspecified atom stereocenters. The summed E-state index contributed by atoms with van der Waals surface area (Å²) in [7, 11) is 0. The van der Waals surface area contributed by atoms with Crippen LogP contribution in [-0.4, -0.2) is 18.5 Å². The van der Waals surface area contributed by atoms with E-state index < -0.39 is 0 Å². The second-order valence-electron chi connectivity index (χ2n) is 3.78. The smallest absolute Gasteiger partial charge is 0.242 e. The van der Waals surface area contributed by atoms with Crippen LogP contribution in [0.5, 0.6) is 0 Å². The third-order valence-electron chi connectivity index (χ3n) is 2.25. The molecule has 0 fully saturated rings. The Hall–Kier alpha value is -0.490. The average molecular weight is 367 g/mol. The predicted molar refractivity (Wildman–Crippen MR) is 80.6 cm³/mol. The molecule has 0 bridgehead atoms. The molecular weight excluding hydrogens is 351 g/mol. The molecule has 1 amide bonds. The number of amides is 1. The van der Waals surface area contributed by atoms with Gasteiger partial charge in [0.15, 0.2) is 0 Å². The summed E-state index contributed by atoms with van der Waals surface area (Å²) in [4.78, 5) is 11.7. The summed E-state index contributed by atoms with van der Waals surface area (Å²) in [6, 6.07) is 5.40. The Morgan fingerprint density at radius 2 is 2.24 bits per heavy atom. The van der Waals surface area contributed by atoms with E-state index in [9.17, 15) is 4.79 Å². The third-order valence-corrected chi connectivity index (χ3v) is 3.23. The Balaban J connectivity index is 2.61. The van der Waals surface area contributed by atoms with Crippen molar-refractivity contribution in [2.75, 3.05) is 11.9 Å². The Bertz CT molecular complexity index is 398. The monoisotopic (exact) mass is 366 g/mol. The molecule has 0 aromatic heterocycles. The standard InChI is InChI=1S/C12H16ClIN2O/c1-3-6-15-12(17)8(2)16-11-5-4-9(14)7-10(11)13/h4-5,7-8,16H,3,6H2,1-2H3,(H,15,17). The number of hydrogen-bond acceptors (Lipinski definition) is 2. The van der Waals surface area contributed by atoms with E-state index in [2.05, 4.69) is 33.2 Å². The zero-order valence-electron chi connectivity index (χ0n) is 9.89. The van der Waals surface area contributed by atoms with Gasteiger partial charge in [0.1, 0.15) is 6.04 Å². The van der Waals surface area contributed by atoms with Crippen molar-refractivity contribution in [2.24, 2.45) is 0 Å². The Kier molecular flexibility index (Phi) is 6.05. The Morgan fingerprint density at radius 3 is 2.82 bits per heavy atom. The fourth-order valence-corrected chi connectivity index (χ4v) is 2.22. The molecule has 0 aliphatic carbocycles. The second-order valence-corrected chi connectivity index (χ2v) is 5.43. The van der Waals surface area contributed by atoms with Gasteiger partial charge in [0, 0.05) is 10.1 Å². The second kappa shape index (κ2) is 7.06. The molecule has 0 heterocycles. The molecule has 3 nitrogen and oxygen atoms in total. The third kappa shape index (κ3) is 4.71. The summed E-state index contributed by atoms with van der Waals surface area (Å²) in [5.74, 6) is -0.0125. The molecule has 2 N–H and O–H groups in total. The number of halogens is 2. The fraction of sp³-hybridized carbons (Fsp3) is 0.417. The average Bonchev–Trinajstić information content (AvgIpc) is 2.29. The summed E-state index contributed by atoms with van der Waals surface area (Å²) >= 11 is 8.28. The highest BCUT2D eigenvalue weighted by Gasteiger charge is 2.12. The van der Waals surface area contributed by atoms with Crippen LogP contribution in [0.25, 0.3) is 0 Å². The minimum atomic E-state index is -0.292. The molecule has 0 saturated heterocycles. The van der Waals surface area contributed by atoms with E-state index in [1.54, 1.807) is 0 Å². The van der Waals surface area contributed by atoms with Crippen molar-refractivity contribution < 1.29 is 4.79 Å². The van der Waals surface area contributed by atoms with Crippen molar-refractivity contribution in [1.82, 2.24) is 5.32 Å². The first-order valence-corrected chi connectivity index (χ1v) is 6.99. The molecule has 0 aliphatic heterocycles. The molecule has 94 valence electrons. The van der Waals surface area contributed by atoms with Gasteiger partial charge in [0.2, 0.25) is 5.91 Å². The molecule has 0 radical (unpaired) electrons. The van der Waals surface area contributed by atoms with E-state index in [0.29, 0.717) is 11.6 Å². The largest absolute Gasteiger partial charge is 0.373 e. The number of hydrogen-bond donors (Lipinski definition) is 2. The van der Waals surface area contributed by atoms with Crippen LogP contribution in [0.15, 0.2) is 18.2 Å². The molecule has 0 spiro atoms. The molecule has 5 heteroatoms. The van der Waals surface area contributed by atoms with E-state index in [1.165, 1.54) is 0 Å². The first kappa shape index (κ1) is 14.6. The van der Waals surface area contributed by atoms with Crippen LogP contribution in [0.4, 0.5) is 5.69 Å². The zero-order chi connectivity index (χ0) is 12.8. The van der Waals surface area contributed by atoms with Crippen molar-refractivity contribution in [3.8, 4) is 0 Å². The number of rotatable bonds is 5. The highest BCUT2D eigenvalue weighted by molar-refractivity contribution is 14.1. The lowest BCUT2D eigenvalue weighted by molar-refractivity contribution is -0.121. The predicted octanol–water partition coefficient (Wildman–Crippen LogP) is 3.27. The van der Waals surface area contributed by atoms with Crippen molar-refractivity contribution >= 4 is 45.8 Å². The summed E-state index contributed by atoms with van der Waals surface area (Å²) in [5, 5.41) is 6.57. The zero-order valence-corrected chi connectivity index (χ0v) is 12.8. The first-order valence-electron chi connectivity index (χ1n) is 5.54. The minimum Gasteiger partial charge on any atom is -0.373 e. The van der Waals surface area contributed by atoms with Crippen LogP contribution in [0, 0.1) is 3.57 Å². The van der Waals surface area contributed by atoms with Crippen molar-refractivity contribution in [3.05, 3.63) is 26.8 Å². The summed E-state index contributed by atoms with van der Waals surface area (Å²) in [6.45, 7) is 4.54. The summed E-state index contributed by atoms with van der Waals surface area (Å²) in [6.07, 6.45) is 0.933. The minimum absolute atomic E-state index is 0.0125. The van der Waals surface area contributed by atoms with Crippen LogP contribution >= 0.6 is 34.2 Å². The highest BCUT2D eigenvalue weighted by Crippen LogP contribution is 2.24. The van der Waals surface area contributed by atoms with Gasteiger partial charge in [-0.15, -0.1) is 0 Å². The van der Waals surface area contributed by atoms with Gasteiger partial charge in [-0.3, -0.25) is 4.79 Å². The van der Waals surface area contributed by atoms with Gasteiger partial charge in [0.25, 0.3) is 0 Å². The van der Waals surface area contributed by atoms with Crippen LogP contribution < -0.4 is 10.6 Å². The molecule has 1 rings (SSSR count). The van der Waals surface area contributed by atoms with E-state index in [0.717, 1.165) is 15.7 Å². The molecule has 1 aromatic rings. The lowest BCUT2D eigenvalue weighted by Gasteiger charge is -2.16. The van der Waals surface area contributed by atoms with Crippen molar-refractivity contribution in [2.45, 2.75) is 26.3 Å². The van der Waals surface area contributed by atoms with Gasteiger partial charge >= 0.3 is 0 Å². The summed E-state index contributed by atoms with van der Waals surface area (Å²) < 4.78 is 1.07. The molecule has 1 aromatic carbocycles. The van der Waals surface area contributed by atoms with Gasteiger partial charge in [-0.05, 0) is 54.1 Å². The van der Waals surface area contributed by atoms with Crippen LogP contribution in [0.3, 0.4) is 0 Å². The fourth-order valence-electron chi connectivity index (χ4n) is 1.31. The molecular formula is C12H16ClIN2O. The molecule has 17 heavy (non-hydrogen) atoms. The first-order chi connectivity index (χ1) is 8.04. The maximum atomic E-state index is 11.7. The van der Waals surface area contributed by atoms with Gasteiger partial charge in [-0.1, -0.05) is 18.5 Å². The lowest BCUT2D eigenvalue weighted by Crippen LogP contribution is -2.37. The van der Waals surface area contributed by atoms with Gasteiger partial charge in [0.05, 0.1) is 10.7 Å². The number of nitrogens with one attached hydrogen (secondary N) is 2. The van der Waals surface area contributed by atoms with E-state index in [4.69, 9.17) is 11.6 Å². The molecule has 1 atom stereocenters. The Labute approximate surface area is 120 Å².